The van der Waals surface area contributed by atoms with Crippen molar-refractivity contribution in [3.05, 3.63) is 71.5 Å². The summed E-state index contributed by atoms with van der Waals surface area (Å²) in [4.78, 5) is 40.4. The molecule has 0 radical (unpaired) electrons. The van der Waals surface area contributed by atoms with Crippen LogP contribution in [0.1, 0.15) is 32.7 Å². The molecule has 3 heterocycles. The molecular weight excluding hydrogens is 544 g/mol. The molecule has 4 amide bonds. The summed E-state index contributed by atoms with van der Waals surface area (Å²) in [6, 6.07) is 11.6. The Morgan fingerprint density at radius 1 is 1.10 bits per heavy atom. The first-order valence-corrected chi connectivity index (χ1v) is 13.7. The van der Waals surface area contributed by atoms with Crippen molar-refractivity contribution in [2.24, 2.45) is 0 Å². The van der Waals surface area contributed by atoms with Gasteiger partial charge in [-0.25, -0.2) is 4.79 Å². The number of nitrogens with one attached hydrogen (secondary N) is 4. The Kier molecular flexibility index (Phi) is 9.51. The fourth-order valence-electron chi connectivity index (χ4n) is 4.78. The minimum atomic E-state index is -0.466. The number of piperidine rings is 1. The van der Waals surface area contributed by atoms with Crippen molar-refractivity contribution in [3.8, 4) is 17.2 Å². The van der Waals surface area contributed by atoms with E-state index in [1.807, 2.05) is 18.2 Å². The van der Waals surface area contributed by atoms with Gasteiger partial charge in [-0.2, -0.15) is 5.10 Å². The summed E-state index contributed by atoms with van der Waals surface area (Å²) in [5, 5.41) is 15.1. The molecule has 4 bridgehead atoms. The molecular formula is C29H34N6O7. The van der Waals surface area contributed by atoms with Gasteiger partial charge in [0.15, 0.2) is 0 Å². The van der Waals surface area contributed by atoms with E-state index in [0.717, 1.165) is 5.56 Å². The van der Waals surface area contributed by atoms with E-state index < -0.39 is 6.10 Å². The lowest BCUT2D eigenvalue weighted by molar-refractivity contribution is -0.0235. The summed E-state index contributed by atoms with van der Waals surface area (Å²) < 4.78 is 23.2. The van der Waals surface area contributed by atoms with Crippen LogP contribution in [-0.2, 0) is 16.1 Å². The average Bonchev–Trinajstić information content (AvgIpc) is 3.53. The molecule has 0 spiro atoms. The fourth-order valence-corrected chi connectivity index (χ4v) is 4.78. The molecule has 0 unspecified atom stereocenters. The number of fused-ring (bicyclic) bond motifs is 5. The Balaban J connectivity index is 1.37. The van der Waals surface area contributed by atoms with Crippen LogP contribution in [-0.4, -0.2) is 91.6 Å². The smallest absolute Gasteiger partial charge is 0.315 e. The van der Waals surface area contributed by atoms with Crippen LogP contribution in [0, 0.1) is 0 Å². The molecule has 2 aliphatic rings. The summed E-state index contributed by atoms with van der Waals surface area (Å²) in [6.45, 7) is 2.07. The van der Waals surface area contributed by atoms with E-state index in [-0.39, 0.29) is 43.6 Å². The van der Waals surface area contributed by atoms with Gasteiger partial charge in [0.1, 0.15) is 23.9 Å². The van der Waals surface area contributed by atoms with E-state index >= 15 is 0 Å². The monoisotopic (exact) mass is 578 g/mol. The van der Waals surface area contributed by atoms with Gasteiger partial charge in [-0.15, -0.1) is 0 Å². The molecule has 13 nitrogen and oxygen atoms in total. The highest BCUT2D eigenvalue weighted by molar-refractivity contribution is 5.95. The number of aromatic nitrogens is 2. The normalized spacial score (nSPS) is 19.6. The number of amides is 4. The predicted molar refractivity (Wildman–Crippen MR) is 151 cm³/mol. The minimum Gasteiger partial charge on any atom is -0.491 e. The number of carbonyl (C=O) groups excluding carboxylic acids is 3. The lowest BCUT2D eigenvalue weighted by Crippen LogP contribution is -2.58. The molecule has 1 saturated heterocycles. The van der Waals surface area contributed by atoms with Crippen molar-refractivity contribution in [1.82, 2.24) is 31.0 Å². The maximum Gasteiger partial charge on any atom is 0.315 e. The predicted octanol–water partition coefficient (Wildman–Crippen LogP) is 2.07. The maximum absolute atomic E-state index is 13.0. The zero-order chi connectivity index (χ0) is 29.3. The topological polar surface area (TPSA) is 156 Å². The van der Waals surface area contributed by atoms with Gasteiger partial charge in [0.25, 0.3) is 11.8 Å². The Labute approximate surface area is 242 Å². The van der Waals surface area contributed by atoms with Gasteiger partial charge < -0.3 is 39.8 Å². The van der Waals surface area contributed by atoms with Gasteiger partial charge in [0.2, 0.25) is 0 Å². The third-order valence-corrected chi connectivity index (χ3v) is 6.90. The SMILES string of the molecule is COCCOc1cc2cc(c1)C(=O)NCCNC(=O)N[C@H]1CCN(C(=O)c3cn[nH]c3)C[C@@H]1OCc1cccc(c1)O2. The van der Waals surface area contributed by atoms with Gasteiger partial charge in [-0.05, 0) is 36.2 Å². The summed E-state index contributed by atoms with van der Waals surface area (Å²) in [5.74, 6) is 0.935. The number of nitrogens with zero attached hydrogens (tertiary/aromatic N) is 2. The molecule has 4 N–H and O–H groups in total. The van der Waals surface area contributed by atoms with Crippen molar-refractivity contribution in [3.63, 3.8) is 0 Å². The Morgan fingerprint density at radius 3 is 2.81 bits per heavy atom. The molecule has 2 aliphatic heterocycles. The highest BCUT2D eigenvalue weighted by Gasteiger charge is 2.34. The molecule has 2 atom stereocenters. The number of methoxy groups -OCH3 is 1. The van der Waals surface area contributed by atoms with Crippen molar-refractivity contribution in [1.29, 1.82) is 0 Å². The second-order valence-corrected chi connectivity index (χ2v) is 9.92. The zero-order valence-electron chi connectivity index (χ0n) is 23.3. The third-order valence-electron chi connectivity index (χ3n) is 6.90. The summed E-state index contributed by atoms with van der Waals surface area (Å²) in [6.07, 6.45) is 3.08. The number of rotatable bonds is 5. The van der Waals surface area contributed by atoms with Crippen molar-refractivity contribution in [2.45, 2.75) is 25.2 Å². The summed E-state index contributed by atoms with van der Waals surface area (Å²) >= 11 is 0. The average molecular weight is 579 g/mol. The number of benzene rings is 2. The Hall–Kier alpha value is -4.62. The number of aromatic amines is 1. The van der Waals surface area contributed by atoms with E-state index in [4.69, 9.17) is 18.9 Å². The molecule has 222 valence electrons. The Morgan fingerprint density at radius 2 is 1.98 bits per heavy atom. The second kappa shape index (κ2) is 13.8. The first-order valence-electron chi connectivity index (χ1n) is 13.7. The third kappa shape index (κ3) is 7.56. The second-order valence-electron chi connectivity index (χ2n) is 9.92. The van der Waals surface area contributed by atoms with Crippen LogP contribution < -0.4 is 25.4 Å². The molecule has 13 heteroatoms. The molecule has 42 heavy (non-hydrogen) atoms. The van der Waals surface area contributed by atoms with Crippen molar-refractivity contribution in [2.75, 3.05) is 46.5 Å². The van der Waals surface area contributed by atoms with Crippen LogP contribution in [0.3, 0.4) is 0 Å². The van der Waals surface area contributed by atoms with Crippen LogP contribution >= 0.6 is 0 Å². The molecule has 5 rings (SSSR count). The highest BCUT2D eigenvalue weighted by atomic mass is 16.5. The van der Waals surface area contributed by atoms with E-state index in [1.54, 1.807) is 42.5 Å². The zero-order valence-corrected chi connectivity index (χ0v) is 23.3. The molecule has 1 fully saturated rings. The number of likely N-dealkylation sites (tertiary alicyclic amines) is 1. The molecule has 0 aliphatic carbocycles. The lowest BCUT2D eigenvalue weighted by atomic mass is 10.0. The van der Waals surface area contributed by atoms with Gasteiger partial charge in [0, 0.05) is 51.1 Å². The largest absolute Gasteiger partial charge is 0.491 e. The maximum atomic E-state index is 13.0. The van der Waals surface area contributed by atoms with Crippen LogP contribution in [0.5, 0.6) is 17.2 Å². The molecule has 1 aromatic heterocycles. The first kappa shape index (κ1) is 28.9. The van der Waals surface area contributed by atoms with Gasteiger partial charge in [-0.3, -0.25) is 14.7 Å². The Bertz CT molecular complexity index is 1380. The van der Waals surface area contributed by atoms with Gasteiger partial charge in [0.05, 0.1) is 37.1 Å². The van der Waals surface area contributed by atoms with Crippen LogP contribution in [0.25, 0.3) is 0 Å². The number of ether oxygens (including phenoxy) is 4. The van der Waals surface area contributed by atoms with E-state index in [2.05, 4.69) is 26.1 Å². The lowest BCUT2D eigenvalue weighted by Gasteiger charge is -2.38. The molecule has 3 aromatic rings. The van der Waals surface area contributed by atoms with Crippen LogP contribution in [0.4, 0.5) is 4.79 Å². The number of hydrogen-bond donors (Lipinski definition) is 4. The highest BCUT2D eigenvalue weighted by Crippen LogP contribution is 2.29. The van der Waals surface area contributed by atoms with Crippen molar-refractivity contribution >= 4 is 17.8 Å². The van der Waals surface area contributed by atoms with E-state index in [0.29, 0.717) is 61.1 Å². The summed E-state index contributed by atoms with van der Waals surface area (Å²) in [7, 11) is 1.58. The van der Waals surface area contributed by atoms with E-state index in [9.17, 15) is 14.4 Å². The van der Waals surface area contributed by atoms with Gasteiger partial charge >= 0.3 is 6.03 Å². The van der Waals surface area contributed by atoms with Crippen LogP contribution in [0.15, 0.2) is 54.9 Å². The standard InChI is InChI=1S/C29H34N6O7/c1-39-9-10-40-23-12-20-13-24(14-23)42-22-4-2-3-19(11-22)18-41-26-17-35(28(37)21-15-32-33-16-21)8-5-25(26)34-29(38)31-7-6-30-27(20)36/h2-4,11-16,25-26H,5-10,17-18H2,1H3,(H,30,36)(H,32,33)(H2,31,34,38)/t25-,26-/m0/s1. The first-order chi connectivity index (χ1) is 20.5. The van der Waals surface area contributed by atoms with Crippen LogP contribution in [0.2, 0.25) is 0 Å². The number of carbonyl (C=O) groups is 3. The van der Waals surface area contributed by atoms with Gasteiger partial charge in [-0.1, -0.05) is 12.1 Å². The molecule has 2 aromatic carbocycles. The quantitative estimate of drug-likeness (QED) is 0.335. The van der Waals surface area contributed by atoms with E-state index in [1.165, 1.54) is 6.20 Å². The van der Waals surface area contributed by atoms with Crippen molar-refractivity contribution < 1.29 is 33.3 Å². The number of H-pyrrole nitrogens is 1. The number of hydrogen-bond acceptors (Lipinski definition) is 8. The fraction of sp³-hybridized carbons (Fsp3) is 0.379. The summed E-state index contributed by atoms with van der Waals surface area (Å²) in [5.41, 5.74) is 1.65. The molecule has 0 saturated carbocycles. The number of urea groups is 1. The minimum absolute atomic E-state index is 0.159.